The van der Waals surface area contributed by atoms with Crippen LogP contribution in [-0.2, 0) is 27.8 Å². The molecular formula is C22H29FN4O3S. The van der Waals surface area contributed by atoms with E-state index < -0.39 is 15.8 Å². The summed E-state index contributed by atoms with van der Waals surface area (Å²) in [5.41, 5.74) is 1.38. The molecule has 2 N–H and O–H groups in total. The summed E-state index contributed by atoms with van der Waals surface area (Å²) >= 11 is 0. The molecule has 3 rings (SSSR count). The van der Waals surface area contributed by atoms with Gasteiger partial charge in [-0.3, -0.25) is 4.99 Å². The quantitative estimate of drug-likeness (QED) is 0.479. The molecule has 1 fully saturated rings. The molecule has 9 heteroatoms. The topological polar surface area (TPSA) is 83.0 Å². The first-order valence-electron chi connectivity index (χ1n) is 10.2. The number of aliphatic imine (C=N–C) groups is 1. The van der Waals surface area contributed by atoms with Crippen LogP contribution >= 0.6 is 0 Å². The minimum atomic E-state index is -3.72. The number of nitrogens with zero attached hydrogens (tertiary/aromatic N) is 2. The van der Waals surface area contributed by atoms with Crippen LogP contribution in [0, 0.1) is 11.7 Å². The van der Waals surface area contributed by atoms with Gasteiger partial charge in [0, 0.05) is 46.3 Å². The Morgan fingerprint density at radius 1 is 1.19 bits per heavy atom. The Hall–Kier alpha value is -2.49. The van der Waals surface area contributed by atoms with E-state index in [4.69, 9.17) is 4.74 Å². The normalized spacial score (nSPS) is 17.2. The van der Waals surface area contributed by atoms with Crippen molar-refractivity contribution in [2.24, 2.45) is 10.9 Å². The molecule has 0 bridgehead atoms. The van der Waals surface area contributed by atoms with E-state index in [0.29, 0.717) is 18.0 Å². The molecule has 0 aromatic heterocycles. The van der Waals surface area contributed by atoms with Gasteiger partial charge < -0.3 is 15.0 Å². The van der Waals surface area contributed by atoms with E-state index in [1.165, 1.54) is 12.1 Å². The van der Waals surface area contributed by atoms with Gasteiger partial charge in [0.25, 0.3) is 0 Å². The zero-order valence-electron chi connectivity index (χ0n) is 17.8. The third-order valence-corrected chi connectivity index (χ3v) is 6.61. The molecular weight excluding hydrogens is 419 g/mol. The van der Waals surface area contributed by atoms with Gasteiger partial charge in [0.2, 0.25) is 10.0 Å². The Morgan fingerprint density at radius 3 is 2.65 bits per heavy atom. The van der Waals surface area contributed by atoms with E-state index in [2.05, 4.69) is 19.9 Å². The van der Waals surface area contributed by atoms with Crippen molar-refractivity contribution in [2.45, 2.75) is 24.4 Å². The SMILES string of the molecule is CN=C(NCc1cccc(S(=O)(=O)NCc2cccc(F)c2)c1)N1CCC(COC)C1. The van der Waals surface area contributed by atoms with Crippen molar-refractivity contribution < 1.29 is 17.5 Å². The number of guanidine groups is 1. The number of ether oxygens (including phenoxy) is 1. The van der Waals surface area contributed by atoms with Crippen LogP contribution in [-0.4, -0.2) is 53.1 Å². The highest BCUT2D eigenvalue weighted by atomic mass is 32.2. The van der Waals surface area contributed by atoms with Crippen LogP contribution < -0.4 is 10.0 Å². The van der Waals surface area contributed by atoms with E-state index in [-0.39, 0.29) is 11.4 Å². The molecule has 0 aliphatic carbocycles. The van der Waals surface area contributed by atoms with E-state index >= 15 is 0 Å². The number of nitrogens with one attached hydrogen (secondary N) is 2. The molecule has 2 aromatic rings. The monoisotopic (exact) mass is 448 g/mol. The third-order valence-electron chi connectivity index (χ3n) is 5.21. The zero-order chi connectivity index (χ0) is 22.3. The van der Waals surface area contributed by atoms with Crippen LogP contribution in [0.15, 0.2) is 58.4 Å². The van der Waals surface area contributed by atoms with E-state index in [1.807, 2.05) is 6.07 Å². The summed E-state index contributed by atoms with van der Waals surface area (Å²) < 4.78 is 46.4. The Bertz CT molecular complexity index is 1010. The molecule has 0 saturated carbocycles. The first-order chi connectivity index (χ1) is 14.9. The Morgan fingerprint density at radius 2 is 1.94 bits per heavy atom. The van der Waals surface area contributed by atoms with Gasteiger partial charge in [0.1, 0.15) is 5.82 Å². The van der Waals surface area contributed by atoms with Crippen molar-refractivity contribution in [1.29, 1.82) is 0 Å². The smallest absolute Gasteiger partial charge is 0.240 e. The van der Waals surface area contributed by atoms with Gasteiger partial charge in [-0.15, -0.1) is 0 Å². The number of sulfonamides is 1. The van der Waals surface area contributed by atoms with Crippen LogP contribution in [0.2, 0.25) is 0 Å². The van der Waals surface area contributed by atoms with E-state index in [0.717, 1.165) is 37.6 Å². The second kappa shape index (κ2) is 10.7. The van der Waals surface area contributed by atoms with Crippen molar-refractivity contribution in [3.05, 3.63) is 65.5 Å². The summed E-state index contributed by atoms with van der Waals surface area (Å²) in [6.45, 7) is 2.99. The van der Waals surface area contributed by atoms with Crippen LogP contribution in [0.3, 0.4) is 0 Å². The van der Waals surface area contributed by atoms with Crippen molar-refractivity contribution in [1.82, 2.24) is 14.9 Å². The summed E-state index contributed by atoms with van der Waals surface area (Å²) in [6, 6.07) is 12.6. The fraction of sp³-hybridized carbons (Fsp3) is 0.409. The van der Waals surface area contributed by atoms with Crippen molar-refractivity contribution in [2.75, 3.05) is 33.9 Å². The minimum absolute atomic E-state index is 0.0206. The second-order valence-electron chi connectivity index (χ2n) is 7.56. The largest absolute Gasteiger partial charge is 0.384 e. The number of hydrogen-bond acceptors (Lipinski definition) is 4. The average molecular weight is 449 g/mol. The molecule has 7 nitrogen and oxygen atoms in total. The Kier molecular flexibility index (Phi) is 8.00. The van der Waals surface area contributed by atoms with Gasteiger partial charge in [0.15, 0.2) is 5.96 Å². The van der Waals surface area contributed by atoms with Gasteiger partial charge in [-0.05, 0) is 41.8 Å². The molecule has 2 aromatic carbocycles. The third kappa shape index (κ3) is 6.49. The number of halogens is 1. The predicted octanol–water partition coefficient (Wildman–Crippen LogP) is 2.35. The maximum absolute atomic E-state index is 13.3. The lowest BCUT2D eigenvalue weighted by Gasteiger charge is -2.21. The highest BCUT2D eigenvalue weighted by Gasteiger charge is 2.24. The molecule has 1 heterocycles. The number of hydrogen-bond donors (Lipinski definition) is 2. The summed E-state index contributed by atoms with van der Waals surface area (Å²) in [4.78, 5) is 6.70. The van der Waals surface area contributed by atoms with E-state index in [9.17, 15) is 12.8 Å². The zero-order valence-corrected chi connectivity index (χ0v) is 18.7. The Balaban J connectivity index is 1.60. The van der Waals surface area contributed by atoms with Crippen LogP contribution in [0.25, 0.3) is 0 Å². The Labute approximate surface area is 183 Å². The van der Waals surface area contributed by atoms with Crippen molar-refractivity contribution >= 4 is 16.0 Å². The minimum Gasteiger partial charge on any atom is -0.384 e. The fourth-order valence-electron chi connectivity index (χ4n) is 3.64. The number of methoxy groups -OCH3 is 1. The maximum atomic E-state index is 13.3. The number of likely N-dealkylation sites (tertiary alicyclic amines) is 1. The number of benzene rings is 2. The second-order valence-corrected chi connectivity index (χ2v) is 9.33. The molecule has 1 unspecified atom stereocenters. The lowest BCUT2D eigenvalue weighted by molar-refractivity contribution is 0.157. The highest BCUT2D eigenvalue weighted by molar-refractivity contribution is 7.89. The molecule has 1 atom stereocenters. The summed E-state index contributed by atoms with van der Waals surface area (Å²) in [7, 11) is -0.271. The average Bonchev–Trinajstić information content (AvgIpc) is 3.22. The summed E-state index contributed by atoms with van der Waals surface area (Å²) in [5, 5.41) is 3.31. The highest BCUT2D eigenvalue weighted by Crippen LogP contribution is 2.17. The van der Waals surface area contributed by atoms with E-state index in [1.54, 1.807) is 44.5 Å². The molecule has 0 spiro atoms. The standard InChI is InChI=1S/C22H29FN4O3S/c1-24-22(27-10-9-19(15-27)16-30-2)25-13-18-6-4-8-21(12-18)31(28,29)26-14-17-5-3-7-20(23)11-17/h3-8,11-12,19,26H,9-10,13-16H2,1-2H3,(H,24,25). The van der Waals surface area contributed by atoms with Crippen LogP contribution in [0.4, 0.5) is 4.39 Å². The first-order valence-corrected chi connectivity index (χ1v) is 11.7. The predicted molar refractivity (Wildman–Crippen MR) is 119 cm³/mol. The van der Waals surface area contributed by atoms with Gasteiger partial charge in [-0.25, -0.2) is 17.5 Å². The van der Waals surface area contributed by atoms with Crippen molar-refractivity contribution in [3.63, 3.8) is 0 Å². The van der Waals surface area contributed by atoms with Gasteiger partial charge >= 0.3 is 0 Å². The molecule has 1 aliphatic rings. The summed E-state index contributed by atoms with van der Waals surface area (Å²) in [5.74, 6) is 0.877. The van der Waals surface area contributed by atoms with Crippen LogP contribution in [0.1, 0.15) is 17.5 Å². The summed E-state index contributed by atoms with van der Waals surface area (Å²) in [6.07, 6.45) is 1.05. The first kappa shape index (κ1) is 23.2. The lowest BCUT2D eigenvalue weighted by atomic mass is 10.1. The fourth-order valence-corrected chi connectivity index (χ4v) is 4.73. The molecule has 0 radical (unpaired) electrons. The lowest BCUT2D eigenvalue weighted by Crippen LogP contribution is -2.39. The molecule has 168 valence electrons. The van der Waals surface area contributed by atoms with Crippen molar-refractivity contribution in [3.8, 4) is 0 Å². The van der Waals surface area contributed by atoms with Gasteiger partial charge in [-0.2, -0.15) is 0 Å². The van der Waals surface area contributed by atoms with Gasteiger partial charge in [-0.1, -0.05) is 24.3 Å². The molecule has 31 heavy (non-hydrogen) atoms. The molecule has 0 amide bonds. The van der Waals surface area contributed by atoms with Gasteiger partial charge in [0.05, 0.1) is 11.5 Å². The molecule has 1 aliphatic heterocycles. The van der Waals surface area contributed by atoms with Crippen LogP contribution in [0.5, 0.6) is 0 Å². The maximum Gasteiger partial charge on any atom is 0.240 e. The molecule has 1 saturated heterocycles. The number of rotatable bonds is 8.